The number of hydrogen-bond donors (Lipinski definition) is 1. The normalized spacial score (nSPS) is 12.1. The van der Waals surface area contributed by atoms with Crippen molar-refractivity contribution >= 4 is 17.3 Å². The lowest BCUT2D eigenvalue weighted by Gasteiger charge is -2.35. The Hall–Kier alpha value is -0.730. The van der Waals surface area contributed by atoms with Gasteiger partial charge in [-0.3, -0.25) is 4.90 Å². The highest BCUT2D eigenvalue weighted by Gasteiger charge is 2.22. The van der Waals surface area contributed by atoms with Crippen molar-refractivity contribution in [1.29, 1.82) is 0 Å². The van der Waals surface area contributed by atoms with Crippen LogP contribution in [0.25, 0.3) is 0 Å². The van der Waals surface area contributed by atoms with Gasteiger partial charge in [0.25, 0.3) is 0 Å². The Bertz CT molecular complexity index is 341. The first kappa shape index (κ1) is 13.3. The molecule has 1 aromatic carbocycles. The van der Waals surface area contributed by atoms with Gasteiger partial charge in [0.1, 0.15) is 0 Å². The molecule has 0 aromatic heterocycles. The summed E-state index contributed by atoms with van der Waals surface area (Å²) in [5.74, 6) is 0. The minimum atomic E-state index is 0.158. The average Bonchev–Trinajstić information content (AvgIpc) is 2.23. The van der Waals surface area contributed by atoms with E-state index in [1.807, 2.05) is 18.2 Å². The summed E-state index contributed by atoms with van der Waals surface area (Å²) in [7, 11) is 2.10. The van der Waals surface area contributed by atoms with Crippen LogP contribution in [0.2, 0.25) is 5.02 Å². The molecule has 0 fully saturated rings. The fraction of sp³-hybridized carbons (Fsp3) is 0.538. The molecular weight excluding hydrogens is 220 g/mol. The van der Waals surface area contributed by atoms with E-state index < -0.39 is 0 Å². The predicted octanol–water partition coefficient (Wildman–Crippen LogP) is 3.54. The molecule has 0 unspecified atom stereocenters. The Balaban J connectivity index is 2.89. The Kier molecular flexibility index (Phi) is 4.22. The summed E-state index contributed by atoms with van der Waals surface area (Å²) in [5.41, 5.74) is 7.89. The average molecular weight is 241 g/mol. The van der Waals surface area contributed by atoms with Crippen molar-refractivity contribution < 1.29 is 0 Å². The van der Waals surface area contributed by atoms with Gasteiger partial charge in [-0.05, 0) is 39.4 Å². The van der Waals surface area contributed by atoms with Crippen LogP contribution in [0.5, 0.6) is 0 Å². The maximum Gasteiger partial charge on any atom is 0.0471 e. The third kappa shape index (κ3) is 2.89. The van der Waals surface area contributed by atoms with Gasteiger partial charge in [0.2, 0.25) is 0 Å². The fourth-order valence-corrected chi connectivity index (χ4v) is 1.70. The van der Waals surface area contributed by atoms with Gasteiger partial charge in [0.05, 0.1) is 0 Å². The van der Waals surface area contributed by atoms with Crippen LogP contribution in [0.15, 0.2) is 18.2 Å². The van der Waals surface area contributed by atoms with Crippen LogP contribution < -0.4 is 5.73 Å². The van der Waals surface area contributed by atoms with Crippen LogP contribution in [-0.4, -0.2) is 17.5 Å². The molecule has 1 aromatic rings. The number of rotatable bonds is 4. The summed E-state index contributed by atoms with van der Waals surface area (Å²) in [6.45, 7) is 7.42. The number of nitrogens with zero attached hydrogens (tertiary/aromatic N) is 1. The number of benzene rings is 1. The van der Waals surface area contributed by atoms with Gasteiger partial charge in [-0.25, -0.2) is 0 Å². The monoisotopic (exact) mass is 240 g/mol. The zero-order chi connectivity index (χ0) is 12.3. The molecule has 0 amide bonds. The van der Waals surface area contributed by atoms with Crippen molar-refractivity contribution in [2.45, 2.75) is 39.3 Å². The van der Waals surface area contributed by atoms with Crippen LogP contribution in [0.4, 0.5) is 5.69 Å². The topological polar surface area (TPSA) is 29.3 Å². The fourth-order valence-electron chi connectivity index (χ4n) is 1.46. The minimum absolute atomic E-state index is 0.158. The summed E-state index contributed by atoms with van der Waals surface area (Å²) in [4.78, 5) is 2.28. The van der Waals surface area contributed by atoms with Crippen molar-refractivity contribution in [3.63, 3.8) is 0 Å². The quantitative estimate of drug-likeness (QED) is 0.816. The van der Waals surface area contributed by atoms with Crippen LogP contribution in [0.3, 0.4) is 0 Å². The van der Waals surface area contributed by atoms with Crippen molar-refractivity contribution in [3.05, 3.63) is 28.8 Å². The van der Waals surface area contributed by atoms with Gasteiger partial charge in [0, 0.05) is 28.4 Å². The van der Waals surface area contributed by atoms with Crippen LogP contribution in [-0.2, 0) is 6.54 Å². The van der Waals surface area contributed by atoms with E-state index in [9.17, 15) is 0 Å². The molecule has 0 aliphatic heterocycles. The van der Waals surface area contributed by atoms with E-state index in [-0.39, 0.29) is 5.54 Å². The summed E-state index contributed by atoms with van der Waals surface area (Å²) >= 11 is 6.16. The lowest BCUT2D eigenvalue weighted by molar-refractivity contribution is 0.143. The van der Waals surface area contributed by atoms with E-state index in [2.05, 4.69) is 32.7 Å². The highest BCUT2D eigenvalue weighted by Crippen LogP contribution is 2.26. The summed E-state index contributed by atoms with van der Waals surface area (Å²) in [6, 6.07) is 5.67. The minimum Gasteiger partial charge on any atom is -0.398 e. The molecule has 0 saturated carbocycles. The molecule has 0 radical (unpaired) electrons. The number of anilines is 1. The van der Waals surface area contributed by atoms with E-state index >= 15 is 0 Å². The first-order chi connectivity index (χ1) is 7.38. The van der Waals surface area contributed by atoms with E-state index in [0.29, 0.717) is 0 Å². The van der Waals surface area contributed by atoms with Gasteiger partial charge < -0.3 is 5.73 Å². The van der Waals surface area contributed by atoms with Gasteiger partial charge in [0.15, 0.2) is 0 Å². The SMILES string of the molecule is CCC(C)(C)N(C)Cc1c(N)cccc1Cl. The number of nitrogens with two attached hydrogens (primary N) is 1. The molecule has 2 nitrogen and oxygen atoms in total. The Morgan fingerprint density at radius 2 is 2.00 bits per heavy atom. The van der Waals surface area contributed by atoms with Gasteiger partial charge >= 0.3 is 0 Å². The molecule has 0 saturated heterocycles. The third-order valence-electron chi connectivity index (χ3n) is 3.45. The van der Waals surface area contributed by atoms with Crippen LogP contribution in [0, 0.1) is 0 Å². The summed E-state index contributed by atoms with van der Waals surface area (Å²) in [5, 5.41) is 0.749. The van der Waals surface area contributed by atoms with E-state index in [1.165, 1.54) is 0 Å². The number of nitrogen functional groups attached to an aromatic ring is 1. The molecule has 3 heteroatoms. The van der Waals surface area contributed by atoms with E-state index in [1.54, 1.807) is 0 Å². The zero-order valence-electron chi connectivity index (χ0n) is 10.5. The standard InChI is InChI=1S/C13H21ClN2/c1-5-13(2,3)16(4)9-10-11(14)7-6-8-12(10)15/h6-8H,5,9,15H2,1-4H3. The molecule has 0 heterocycles. The first-order valence-corrected chi connectivity index (χ1v) is 6.00. The molecule has 16 heavy (non-hydrogen) atoms. The van der Waals surface area contributed by atoms with E-state index in [4.69, 9.17) is 17.3 Å². The summed E-state index contributed by atoms with van der Waals surface area (Å²) in [6.07, 6.45) is 1.09. The largest absolute Gasteiger partial charge is 0.398 e. The second-order valence-electron chi connectivity index (χ2n) is 4.83. The third-order valence-corrected chi connectivity index (χ3v) is 3.80. The van der Waals surface area contributed by atoms with Crippen molar-refractivity contribution in [3.8, 4) is 0 Å². The van der Waals surface area contributed by atoms with Crippen molar-refractivity contribution in [2.24, 2.45) is 0 Å². The van der Waals surface area contributed by atoms with Gasteiger partial charge in [-0.2, -0.15) is 0 Å². The molecule has 0 spiro atoms. The Labute approximate surface area is 103 Å². The predicted molar refractivity (Wildman–Crippen MR) is 71.7 cm³/mol. The maximum absolute atomic E-state index is 6.16. The molecule has 1 rings (SSSR count). The second-order valence-corrected chi connectivity index (χ2v) is 5.24. The molecule has 0 bridgehead atoms. The smallest absolute Gasteiger partial charge is 0.0471 e. The highest BCUT2D eigenvalue weighted by molar-refractivity contribution is 6.31. The van der Waals surface area contributed by atoms with Crippen molar-refractivity contribution in [1.82, 2.24) is 4.90 Å². The van der Waals surface area contributed by atoms with Gasteiger partial charge in [-0.1, -0.05) is 24.6 Å². The first-order valence-electron chi connectivity index (χ1n) is 5.62. The van der Waals surface area contributed by atoms with Crippen molar-refractivity contribution in [2.75, 3.05) is 12.8 Å². The van der Waals surface area contributed by atoms with Gasteiger partial charge in [-0.15, -0.1) is 0 Å². The highest BCUT2D eigenvalue weighted by atomic mass is 35.5. The lowest BCUT2D eigenvalue weighted by atomic mass is 9.99. The van der Waals surface area contributed by atoms with Crippen LogP contribution >= 0.6 is 11.6 Å². The lowest BCUT2D eigenvalue weighted by Crippen LogP contribution is -2.40. The molecular formula is C13H21ClN2. The molecule has 90 valence electrons. The van der Waals surface area contributed by atoms with Crippen LogP contribution in [0.1, 0.15) is 32.8 Å². The molecule has 0 aliphatic carbocycles. The van der Waals surface area contributed by atoms with E-state index in [0.717, 1.165) is 29.2 Å². The molecule has 0 aliphatic rings. The second kappa shape index (κ2) is 5.07. The molecule has 0 atom stereocenters. The maximum atomic E-state index is 6.16. The Morgan fingerprint density at radius 3 is 2.50 bits per heavy atom. The Morgan fingerprint density at radius 1 is 1.38 bits per heavy atom. The molecule has 2 N–H and O–H groups in total. The summed E-state index contributed by atoms with van der Waals surface area (Å²) < 4.78 is 0. The number of halogens is 1. The number of hydrogen-bond acceptors (Lipinski definition) is 2. The zero-order valence-corrected chi connectivity index (χ0v) is 11.3.